The number of hydrogen-bond donors (Lipinski definition) is 3. The van der Waals surface area contributed by atoms with Gasteiger partial charge in [0.1, 0.15) is 0 Å². The summed E-state index contributed by atoms with van der Waals surface area (Å²) >= 11 is 0. The maximum atomic E-state index is 5.51. The molecule has 0 saturated heterocycles. The second kappa shape index (κ2) is 11.2. The van der Waals surface area contributed by atoms with Crippen LogP contribution in [0, 0.1) is 0 Å². The van der Waals surface area contributed by atoms with Gasteiger partial charge in [-0.05, 0) is 6.07 Å². The van der Waals surface area contributed by atoms with Crippen LogP contribution in [0.25, 0.3) is 0 Å². The second-order valence-electron chi connectivity index (χ2n) is 5.91. The fourth-order valence-electron chi connectivity index (χ4n) is 2.55. The number of hydrogen-bond acceptors (Lipinski definition) is 11. The van der Waals surface area contributed by atoms with Crippen LogP contribution in [-0.4, -0.2) is 68.4 Å². The molecule has 1 aromatic heterocycles. The Morgan fingerprint density at radius 3 is 2.59 bits per heavy atom. The van der Waals surface area contributed by atoms with Crippen molar-refractivity contribution in [2.45, 2.75) is 6.54 Å². The lowest BCUT2D eigenvalue weighted by atomic mass is 10.2. The summed E-state index contributed by atoms with van der Waals surface area (Å²) in [5.74, 6) is 2.23. The summed E-state index contributed by atoms with van der Waals surface area (Å²) in [5.41, 5.74) is 6.29. The van der Waals surface area contributed by atoms with Crippen LogP contribution in [0.5, 0.6) is 17.5 Å². The Bertz CT molecular complexity index is 778. The summed E-state index contributed by atoms with van der Waals surface area (Å²) in [7, 11) is 1.50. The van der Waals surface area contributed by atoms with Crippen molar-refractivity contribution in [2.75, 3.05) is 64.1 Å². The lowest BCUT2D eigenvalue weighted by molar-refractivity contribution is 0.0547. The Kier molecular flexibility index (Phi) is 8.04. The van der Waals surface area contributed by atoms with Crippen molar-refractivity contribution in [3.05, 3.63) is 23.8 Å². The minimum atomic E-state index is 0.207. The van der Waals surface area contributed by atoms with Gasteiger partial charge in [0.05, 0.1) is 33.5 Å². The minimum Gasteiger partial charge on any atom is -0.467 e. The van der Waals surface area contributed by atoms with Crippen molar-refractivity contribution in [2.24, 2.45) is 5.73 Å². The van der Waals surface area contributed by atoms with Gasteiger partial charge in [0.25, 0.3) is 0 Å². The van der Waals surface area contributed by atoms with E-state index in [0.29, 0.717) is 58.0 Å². The van der Waals surface area contributed by atoms with Crippen molar-refractivity contribution in [3.63, 3.8) is 0 Å². The van der Waals surface area contributed by atoms with Crippen molar-refractivity contribution in [3.8, 4) is 17.5 Å². The summed E-state index contributed by atoms with van der Waals surface area (Å²) in [5, 5.41) is 6.25. The SMILES string of the molecule is COc1nc(NCCOCCOCCN)nc(NCc2cccc3c2OCO3)n1. The highest BCUT2D eigenvalue weighted by Gasteiger charge is 2.17. The first-order chi connectivity index (χ1) is 14.3. The van der Waals surface area contributed by atoms with E-state index in [4.69, 9.17) is 29.4 Å². The molecule has 0 radical (unpaired) electrons. The van der Waals surface area contributed by atoms with Crippen molar-refractivity contribution >= 4 is 11.9 Å². The quantitative estimate of drug-likeness (QED) is 0.404. The Balaban J connectivity index is 1.49. The first-order valence-corrected chi connectivity index (χ1v) is 9.31. The standard InChI is InChI=1S/C18H26N6O5/c1-25-18-23-16(20-6-8-27-10-9-26-7-5-19)22-17(24-18)21-11-13-3-2-4-14-15(13)29-12-28-14/h2-4H,5-12,19H2,1H3,(H2,20,21,22,23,24). The van der Waals surface area contributed by atoms with E-state index < -0.39 is 0 Å². The molecule has 0 spiro atoms. The topological polar surface area (TPSA) is 135 Å². The van der Waals surface area contributed by atoms with Gasteiger partial charge in [-0.3, -0.25) is 0 Å². The summed E-state index contributed by atoms with van der Waals surface area (Å²) in [6.07, 6.45) is 0. The molecule has 1 aromatic carbocycles. The average molecular weight is 406 g/mol. The van der Waals surface area contributed by atoms with Crippen LogP contribution in [-0.2, 0) is 16.0 Å². The first kappa shape index (κ1) is 20.8. The van der Waals surface area contributed by atoms with Crippen LogP contribution in [0.15, 0.2) is 18.2 Å². The zero-order valence-corrected chi connectivity index (χ0v) is 16.3. The summed E-state index contributed by atoms with van der Waals surface area (Å²) in [6.45, 7) is 3.76. The molecule has 0 atom stereocenters. The largest absolute Gasteiger partial charge is 0.467 e. The number of fused-ring (bicyclic) bond motifs is 1. The van der Waals surface area contributed by atoms with Gasteiger partial charge in [-0.2, -0.15) is 15.0 Å². The van der Waals surface area contributed by atoms with Gasteiger partial charge >= 0.3 is 6.01 Å². The number of aromatic nitrogens is 3. The van der Waals surface area contributed by atoms with Gasteiger partial charge in [-0.1, -0.05) is 12.1 Å². The summed E-state index contributed by atoms with van der Waals surface area (Å²) < 4.78 is 26.8. The number of rotatable bonds is 13. The molecule has 1 aliphatic rings. The molecule has 0 aliphatic carbocycles. The van der Waals surface area contributed by atoms with Crippen molar-refractivity contribution in [1.82, 2.24) is 15.0 Å². The molecule has 29 heavy (non-hydrogen) atoms. The molecule has 4 N–H and O–H groups in total. The van der Waals surface area contributed by atoms with E-state index in [-0.39, 0.29) is 12.8 Å². The third-order valence-electron chi connectivity index (χ3n) is 3.88. The van der Waals surface area contributed by atoms with E-state index in [0.717, 1.165) is 17.1 Å². The maximum absolute atomic E-state index is 5.51. The van der Waals surface area contributed by atoms with Crippen LogP contribution < -0.4 is 30.6 Å². The first-order valence-electron chi connectivity index (χ1n) is 9.31. The van der Waals surface area contributed by atoms with Crippen LogP contribution in [0.3, 0.4) is 0 Å². The number of nitrogens with zero attached hydrogens (tertiary/aromatic N) is 3. The maximum Gasteiger partial charge on any atom is 0.322 e. The van der Waals surface area contributed by atoms with Crippen molar-refractivity contribution < 1.29 is 23.7 Å². The molecule has 2 aromatic rings. The van der Waals surface area contributed by atoms with Gasteiger partial charge in [0, 0.05) is 25.2 Å². The predicted octanol–water partition coefficient (Wildman–Crippen LogP) is 0.625. The highest BCUT2D eigenvalue weighted by Crippen LogP contribution is 2.35. The second-order valence-corrected chi connectivity index (χ2v) is 5.91. The van der Waals surface area contributed by atoms with Crippen LogP contribution in [0.4, 0.5) is 11.9 Å². The van der Waals surface area contributed by atoms with E-state index in [1.165, 1.54) is 7.11 Å². The number of ether oxygens (including phenoxy) is 5. The number of nitrogens with one attached hydrogen (secondary N) is 2. The lowest BCUT2D eigenvalue weighted by Gasteiger charge is -2.11. The Morgan fingerprint density at radius 2 is 1.79 bits per heavy atom. The van der Waals surface area contributed by atoms with E-state index in [1.54, 1.807) is 0 Å². The molecular weight excluding hydrogens is 380 g/mol. The average Bonchev–Trinajstić information content (AvgIpc) is 3.23. The number of nitrogens with two attached hydrogens (primary N) is 1. The normalized spacial score (nSPS) is 12.1. The van der Waals surface area contributed by atoms with Gasteiger partial charge in [0.15, 0.2) is 11.5 Å². The zero-order chi connectivity index (χ0) is 20.3. The molecule has 0 saturated carbocycles. The van der Waals surface area contributed by atoms with Crippen molar-refractivity contribution in [1.29, 1.82) is 0 Å². The highest BCUT2D eigenvalue weighted by molar-refractivity contribution is 5.49. The fourth-order valence-corrected chi connectivity index (χ4v) is 2.55. The molecule has 0 fully saturated rings. The van der Waals surface area contributed by atoms with Gasteiger partial charge < -0.3 is 40.1 Å². The van der Waals surface area contributed by atoms with Gasteiger partial charge in [-0.15, -0.1) is 0 Å². The molecule has 2 heterocycles. The molecule has 1 aliphatic heterocycles. The monoisotopic (exact) mass is 406 g/mol. The lowest BCUT2D eigenvalue weighted by Crippen LogP contribution is -2.16. The zero-order valence-electron chi connectivity index (χ0n) is 16.3. The molecule has 11 heteroatoms. The Labute approximate surface area is 168 Å². The van der Waals surface area contributed by atoms with E-state index >= 15 is 0 Å². The fraction of sp³-hybridized carbons (Fsp3) is 0.500. The molecule has 0 amide bonds. The summed E-state index contributed by atoms with van der Waals surface area (Å²) in [4.78, 5) is 12.8. The Morgan fingerprint density at radius 1 is 1.00 bits per heavy atom. The third kappa shape index (κ3) is 6.31. The third-order valence-corrected chi connectivity index (χ3v) is 3.88. The van der Waals surface area contributed by atoms with Crippen LogP contribution in [0.2, 0.25) is 0 Å². The van der Waals surface area contributed by atoms with E-state index in [1.807, 2.05) is 18.2 Å². The molecule has 3 rings (SSSR count). The predicted molar refractivity (Wildman–Crippen MR) is 105 cm³/mol. The molecular formula is C18H26N6O5. The number of para-hydroxylation sites is 1. The molecule has 0 bridgehead atoms. The number of methoxy groups -OCH3 is 1. The van der Waals surface area contributed by atoms with Crippen LogP contribution in [0.1, 0.15) is 5.56 Å². The van der Waals surface area contributed by atoms with E-state index in [9.17, 15) is 0 Å². The smallest absolute Gasteiger partial charge is 0.322 e. The molecule has 11 nitrogen and oxygen atoms in total. The van der Waals surface area contributed by atoms with E-state index in [2.05, 4.69) is 25.6 Å². The molecule has 0 unspecified atom stereocenters. The summed E-state index contributed by atoms with van der Waals surface area (Å²) in [6, 6.07) is 5.94. The number of benzene rings is 1. The Hall–Kier alpha value is -2.89. The van der Waals surface area contributed by atoms with Gasteiger partial charge in [-0.25, -0.2) is 0 Å². The number of anilines is 2. The minimum absolute atomic E-state index is 0.207. The molecule has 158 valence electrons. The highest BCUT2D eigenvalue weighted by atomic mass is 16.7. The van der Waals surface area contributed by atoms with Gasteiger partial charge in [0.2, 0.25) is 18.7 Å². The van der Waals surface area contributed by atoms with Crippen LogP contribution >= 0.6 is 0 Å².